The van der Waals surface area contributed by atoms with Crippen LogP contribution in [0.2, 0.25) is 0 Å². The molecule has 2 aromatic heterocycles. The van der Waals surface area contributed by atoms with Gasteiger partial charge in [0, 0.05) is 81.2 Å². The third-order valence-corrected chi connectivity index (χ3v) is 13.2. The van der Waals surface area contributed by atoms with E-state index < -0.39 is 45.2 Å². The van der Waals surface area contributed by atoms with Gasteiger partial charge in [-0.15, -0.1) is 0 Å². The number of piperazine rings is 1. The van der Waals surface area contributed by atoms with Crippen LogP contribution in [0.4, 0.5) is 30.9 Å². The summed E-state index contributed by atoms with van der Waals surface area (Å²) in [6.45, 7) is 6.49. The number of pyridine rings is 1. The summed E-state index contributed by atoms with van der Waals surface area (Å²) >= 11 is 0. The molecule has 18 heteroatoms. The number of aliphatic hydroxyl groups is 1. The summed E-state index contributed by atoms with van der Waals surface area (Å²) in [7, 11) is -3.46. The van der Waals surface area contributed by atoms with Crippen LogP contribution < -0.4 is 26.0 Å². The first kappa shape index (κ1) is 38.0. The minimum Gasteiger partial charge on any atom is -0.388 e. The zero-order valence-corrected chi connectivity index (χ0v) is 31.1. The first-order valence-electron chi connectivity index (χ1n) is 18.6. The number of piperidine rings is 1. The van der Waals surface area contributed by atoms with E-state index in [0.717, 1.165) is 43.6 Å². The van der Waals surface area contributed by atoms with Gasteiger partial charge in [0.05, 0.1) is 23.0 Å². The Morgan fingerprint density at radius 2 is 1.70 bits per heavy atom. The lowest BCUT2D eigenvalue weighted by Gasteiger charge is -2.36. The van der Waals surface area contributed by atoms with Crippen molar-refractivity contribution in [2.75, 3.05) is 73.2 Å². The fourth-order valence-corrected chi connectivity index (χ4v) is 9.66. The number of carbonyl (C=O) groups is 2. The highest BCUT2D eigenvalue weighted by atomic mass is 32.2. The molecule has 0 bridgehead atoms. The molecule has 4 fully saturated rings. The lowest BCUT2D eigenvalue weighted by molar-refractivity contribution is -0.120. The number of urea groups is 1. The van der Waals surface area contributed by atoms with Crippen molar-refractivity contribution in [3.8, 4) is 0 Å². The molecule has 54 heavy (non-hydrogen) atoms. The molecule has 292 valence electrons. The van der Waals surface area contributed by atoms with Crippen LogP contribution in [0.25, 0.3) is 11.0 Å². The minimum atomic E-state index is -3.46. The number of nitrogens with zero attached hydrogens (tertiary/aromatic N) is 7. The fraction of sp³-hybridized carbons (Fsp3) is 0.583. The van der Waals surface area contributed by atoms with Crippen LogP contribution in [-0.2, 0) is 14.8 Å². The Bertz CT molecular complexity index is 2030. The van der Waals surface area contributed by atoms with E-state index in [1.54, 1.807) is 11.8 Å². The number of sulfonamides is 1. The summed E-state index contributed by atoms with van der Waals surface area (Å²) in [5, 5.41) is 16.9. The number of hydrogen-bond acceptors (Lipinski definition) is 11. The standard InChI is InChI=1S/C36H47F2N9O6S/c1-36(51)12-2-4-29(36)47-32-24(22-28(31(37)38)33(47)49)23-39-34(42-32)40-25-9-14-45(15-10-25)54(52,53)21-3-13-43-17-19-44(20-18-43)26-5-7-27(8-6-26)46-16-11-30(48)41-35(46)50/h5-8,22-23,25,29,31,51H,2-4,9-21H2,1H3,(H,39,40,42)(H,41,48,50)/t29-,36-/m1/s1. The van der Waals surface area contributed by atoms with E-state index in [-0.39, 0.29) is 41.1 Å². The highest BCUT2D eigenvalue weighted by Crippen LogP contribution is 2.40. The summed E-state index contributed by atoms with van der Waals surface area (Å²) in [4.78, 5) is 51.8. The van der Waals surface area contributed by atoms with Crippen LogP contribution in [0.5, 0.6) is 0 Å². The topological polar surface area (TPSA) is 173 Å². The number of fused-ring (bicyclic) bond motifs is 1. The molecule has 0 spiro atoms. The monoisotopic (exact) mass is 771 g/mol. The highest BCUT2D eigenvalue weighted by molar-refractivity contribution is 7.89. The van der Waals surface area contributed by atoms with Crippen LogP contribution in [0, 0.1) is 0 Å². The van der Waals surface area contributed by atoms with E-state index in [4.69, 9.17) is 0 Å². The Labute approximate surface area is 312 Å². The Morgan fingerprint density at radius 1 is 1.00 bits per heavy atom. The van der Waals surface area contributed by atoms with Gasteiger partial charge in [-0.3, -0.25) is 29.3 Å². The van der Waals surface area contributed by atoms with Crippen LogP contribution in [0.15, 0.2) is 41.3 Å². The number of anilines is 3. The molecule has 1 aromatic carbocycles. The third kappa shape index (κ3) is 8.06. The molecule has 0 radical (unpaired) electrons. The SMILES string of the molecule is C[C@@]1(O)CCC[C@H]1n1c(=O)c(C(F)F)cc2cnc(NC3CCN(S(=O)(=O)CCCN4CCN(c5ccc(N6CCC(=O)NC6=O)cc5)CC4)CC3)nc21. The number of carbonyl (C=O) groups excluding carboxylic acids is 2. The zero-order chi connectivity index (χ0) is 38.2. The number of imide groups is 1. The molecule has 2 atom stereocenters. The van der Waals surface area contributed by atoms with Gasteiger partial charge in [0.15, 0.2) is 0 Å². The van der Waals surface area contributed by atoms with E-state index in [9.17, 15) is 36.7 Å². The number of benzene rings is 1. The van der Waals surface area contributed by atoms with Gasteiger partial charge in [0.1, 0.15) is 5.65 Å². The van der Waals surface area contributed by atoms with Crippen molar-refractivity contribution in [1.29, 1.82) is 0 Å². The third-order valence-electron chi connectivity index (χ3n) is 11.2. The van der Waals surface area contributed by atoms with Gasteiger partial charge in [-0.05, 0) is 82.3 Å². The van der Waals surface area contributed by atoms with Crippen LogP contribution in [-0.4, -0.2) is 119 Å². The summed E-state index contributed by atoms with van der Waals surface area (Å²) < 4.78 is 56.9. The molecular formula is C36H47F2N9O6S. The Kier molecular flexibility index (Phi) is 10.9. The Balaban J connectivity index is 0.881. The molecule has 4 aliphatic rings. The van der Waals surface area contributed by atoms with Gasteiger partial charge in [-0.1, -0.05) is 0 Å². The number of rotatable bonds is 11. The quantitative estimate of drug-likeness (QED) is 0.262. The number of alkyl halides is 2. The van der Waals surface area contributed by atoms with E-state index >= 15 is 0 Å². The molecule has 3 aliphatic heterocycles. The summed E-state index contributed by atoms with van der Waals surface area (Å²) in [6, 6.07) is 7.59. The predicted octanol–water partition coefficient (Wildman–Crippen LogP) is 3.07. The van der Waals surface area contributed by atoms with E-state index in [2.05, 4.69) is 30.4 Å². The molecule has 3 N–H and O–H groups in total. The van der Waals surface area contributed by atoms with Crippen molar-refractivity contribution in [3.05, 3.63) is 52.4 Å². The summed E-state index contributed by atoms with van der Waals surface area (Å²) in [5.41, 5.74) is -0.821. The number of amides is 3. The molecular weight excluding hydrogens is 725 g/mol. The van der Waals surface area contributed by atoms with Crippen molar-refractivity contribution in [1.82, 2.24) is 29.1 Å². The van der Waals surface area contributed by atoms with Gasteiger partial charge < -0.3 is 15.3 Å². The zero-order valence-electron chi connectivity index (χ0n) is 30.3. The molecule has 0 unspecified atom stereocenters. The fourth-order valence-electron chi connectivity index (χ4n) is 8.14. The number of halogens is 2. The molecule has 3 saturated heterocycles. The smallest absolute Gasteiger partial charge is 0.328 e. The second-order valence-corrected chi connectivity index (χ2v) is 17.0. The second-order valence-electron chi connectivity index (χ2n) is 14.9. The van der Waals surface area contributed by atoms with Crippen molar-refractivity contribution in [3.63, 3.8) is 0 Å². The largest absolute Gasteiger partial charge is 0.388 e. The van der Waals surface area contributed by atoms with E-state index in [1.807, 2.05) is 24.3 Å². The van der Waals surface area contributed by atoms with Gasteiger partial charge in [0.2, 0.25) is 21.9 Å². The number of nitrogens with one attached hydrogen (secondary N) is 2. The molecule has 15 nitrogen and oxygen atoms in total. The van der Waals surface area contributed by atoms with Crippen LogP contribution in [0.3, 0.4) is 0 Å². The predicted molar refractivity (Wildman–Crippen MR) is 199 cm³/mol. The molecule has 7 rings (SSSR count). The molecule has 5 heterocycles. The Hall–Kier alpha value is -4.26. The Morgan fingerprint density at radius 3 is 2.35 bits per heavy atom. The average molecular weight is 772 g/mol. The first-order chi connectivity index (χ1) is 25.8. The molecule has 1 aliphatic carbocycles. The molecule has 3 amide bonds. The lowest BCUT2D eigenvalue weighted by atomic mass is 9.99. The normalized spacial score (nSPS) is 23.8. The minimum absolute atomic E-state index is 0.0549. The highest BCUT2D eigenvalue weighted by Gasteiger charge is 2.40. The van der Waals surface area contributed by atoms with Crippen LogP contribution in [0.1, 0.15) is 69.9 Å². The first-order valence-corrected chi connectivity index (χ1v) is 20.3. The second kappa shape index (κ2) is 15.5. The van der Waals surface area contributed by atoms with Gasteiger partial charge in [-0.2, -0.15) is 4.98 Å². The summed E-state index contributed by atoms with van der Waals surface area (Å²) in [5.74, 6) is -0.00113. The maximum atomic E-state index is 13.8. The van der Waals surface area contributed by atoms with Gasteiger partial charge in [0.25, 0.3) is 12.0 Å². The molecule has 1 saturated carbocycles. The van der Waals surface area contributed by atoms with E-state index in [0.29, 0.717) is 64.7 Å². The van der Waals surface area contributed by atoms with Crippen molar-refractivity contribution < 1.29 is 31.9 Å². The van der Waals surface area contributed by atoms with Crippen molar-refractivity contribution in [2.45, 2.75) is 76.0 Å². The maximum Gasteiger partial charge on any atom is 0.328 e. The number of aromatic nitrogens is 3. The van der Waals surface area contributed by atoms with Crippen molar-refractivity contribution in [2.24, 2.45) is 0 Å². The maximum absolute atomic E-state index is 13.8. The van der Waals surface area contributed by atoms with Crippen LogP contribution >= 0.6 is 0 Å². The molecule has 3 aromatic rings. The van der Waals surface area contributed by atoms with E-state index in [1.165, 1.54) is 15.1 Å². The van der Waals surface area contributed by atoms with Gasteiger partial charge >= 0.3 is 6.03 Å². The average Bonchev–Trinajstić information content (AvgIpc) is 3.49. The van der Waals surface area contributed by atoms with Crippen molar-refractivity contribution >= 4 is 50.3 Å². The number of hydrogen-bond donors (Lipinski definition) is 3. The lowest BCUT2D eigenvalue weighted by Crippen LogP contribution is -2.49. The van der Waals surface area contributed by atoms with Gasteiger partial charge in [-0.25, -0.2) is 31.3 Å². The summed E-state index contributed by atoms with van der Waals surface area (Å²) in [6.07, 6.45) is 1.77.